The van der Waals surface area contributed by atoms with Gasteiger partial charge in [0.1, 0.15) is 4.90 Å². The van der Waals surface area contributed by atoms with Crippen LogP contribution in [0.15, 0.2) is 23.1 Å². The number of halogens is 1. The first kappa shape index (κ1) is 16.7. The maximum absolute atomic E-state index is 12.4. The Morgan fingerprint density at radius 2 is 2.10 bits per heavy atom. The van der Waals surface area contributed by atoms with Crippen LogP contribution >= 0.6 is 11.6 Å². The highest BCUT2D eigenvalue weighted by atomic mass is 35.5. The van der Waals surface area contributed by atoms with Gasteiger partial charge in [0, 0.05) is 25.8 Å². The Morgan fingerprint density at radius 1 is 1.43 bits per heavy atom. The molecule has 1 atom stereocenters. The van der Waals surface area contributed by atoms with Crippen molar-refractivity contribution in [3.8, 4) is 0 Å². The van der Waals surface area contributed by atoms with Crippen LogP contribution in [0, 0.1) is 5.92 Å². The Morgan fingerprint density at radius 3 is 2.67 bits per heavy atom. The maximum Gasteiger partial charge on any atom is 0.242 e. The second kappa shape index (κ2) is 7.07. The molecular formula is C14H21ClN2O3S. The highest BCUT2D eigenvalue weighted by Crippen LogP contribution is 2.25. The van der Waals surface area contributed by atoms with Gasteiger partial charge < -0.3 is 10.5 Å². The number of sulfonamides is 1. The molecule has 1 saturated heterocycles. The predicted molar refractivity (Wildman–Crippen MR) is 82.7 cm³/mol. The van der Waals surface area contributed by atoms with Crippen molar-refractivity contribution >= 4 is 21.6 Å². The number of rotatable bonds is 5. The summed E-state index contributed by atoms with van der Waals surface area (Å²) >= 11 is 6.07. The molecule has 0 saturated carbocycles. The van der Waals surface area contributed by atoms with Gasteiger partial charge in [-0.15, -0.1) is 0 Å². The summed E-state index contributed by atoms with van der Waals surface area (Å²) in [4.78, 5) is 0.0975. The van der Waals surface area contributed by atoms with Crippen molar-refractivity contribution in [2.24, 2.45) is 11.7 Å². The van der Waals surface area contributed by atoms with E-state index in [2.05, 4.69) is 4.72 Å². The summed E-state index contributed by atoms with van der Waals surface area (Å²) in [5.41, 5.74) is 6.32. The SMILES string of the molecule is CC(NS(=O)(=O)c1ccc(CN)cc1Cl)C1CCOCC1. The van der Waals surface area contributed by atoms with Crippen molar-refractivity contribution in [2.75, 3.05) is 13.2 Å². The van der Waals surface area contributed by atoms with E-state index in [0.29, 0.717) is 19.8 Å². The first-order chi connectivity index (χ1) is 9.94. The molecule has 0 amide bonds. The molecule has 0 spiro atoms. The molecule has 1 aliphatic rings. The highest BCUT2D eigenvalue weighted by molar-refractivity contribution is 7.89. The minimum atomic E-state index is -3.63. The van der Waals surface area contributed by atoms with Crippen LogP contribution in [0.2, 0.25) is 5.02 Å². The maximum atomic E-state index is 12.4. The van der Waals surface area contributed by atoms with Crippen LogP contribution in [-0.2, 0) is 21.3 Å². The van der Waals surface area contributed by atoms with Crippen LogP contribution in [0.25, 0.3) is 0 Å². The summed E-state index contributed by atoms with van der Waals surface area (Å²) in [6, 6.07) is 4.63. The summed E-state index contributed by atoms with van der Waals surface area (Å²) in [5.74, 6) is 0.288. The van der Waals surface area contributed by atoms with Gasteiger partial charge in [0.2, 0.25) is 10.0 Å². The number of ether oxygens (including phenoxy) is 1. The van der Waals surface area contributed by atoms with Crippen molar-refractivity contribution in [3.63, 3.8) is 0 Å². The van der Waals surface area contributed by atoms with E-state index < -0.39 is 10.0 Å². The number of hydrogen-bond donors (Lipinski definition) is 2. The first-order valence-corrected chi connectivity index (χ1v) is 8.88. The fourth-order valence-corrected chi connectivity index (χ4v) is 4.39. The zero-order valence-corrected chi connectivity index (χ0v) is 13.6. The van der Waals surface area contributed by atoms with E-state index in [9.17, 15) is 8.42 Å². The molecule has 1 aromatic rings. The van der Waals surface area contributed by atoms with Crippen LogP contribution in [0.4, 0.5) is 0 Å². The number of benzene rings is 1. The minimum Gasteiger partial charge on any atom is -0.381 e. The zero-order valence-electron chi connectivity index (χ0n) is 12.0. The van der Waals surface area contributed by atoms with E-state index >= 15 is 0 Å². The molecule has 2 rings (SSSR count). The van der Waals surface area contributed by atoms with E-state index in [1.54, 1.807) is 12.1 Å². The Hall–Kier alpha value is -0.660. The molecule has 1 unspecified atom stereocenters. The second-order valence-corrected chi connectivity index (χ2v) is 7.42. The van der Waals surface area contributed by atoms with Crippen molar-refractivity contribution in [1.29, 1.82) is 0 Å². The Kier molecular flexibility index (Phi) is 5.62. The van der Waals surface area contributed by atoms with E-state index in [1.807, 2.05) is 6.92 Å². The summed E-state index contributed by atoms with van der Waals surface area (Å²) < 4.78 is 32.9. The van der Waals surface area contributed by atoms with Gasteiger partial charge in [-0.1, -0.05) is 17.7 Å². The van der Waals surface area contributed by atoms with E-state index in [1.165, 1.54) is 6.07 Å². The lowest BCUT2D eigenvalue weighted by Crippen LogP contribution is -2.40. The van der Waals surface area contributed by atoms with Gasteiger partial charge in [0.15, 0.2) is 0 Å². The molecular weight excluding hydrogens is 312 g/mol. The third-order valence-corrected chi connectivity index (χ3v) is 5.88. The summed E-state index contributed by atoms with van der Waals surface area (Å²) in [7, 11) is -3.63. The summed E-state index contributed by atoms with van der Waals surface area (Å²) in [6.07, 6.45) is 1.73. The summed E-state index contributed by atoms with van der Waals surface area (Å²) in [5, 5.41) is 0.199. The molecule has 0 radical (unpaired) electrons. The van der Waals surface area contributed by atoms with Crippen LogP contribution in [0.5, 0.6) is 0 Å². The molecule has 1 fully saturated rings. The van der Waals surface area contributed by atoms with Crippen molar-refractivity contribution in [3.05, 3.63) is 28.8 Å². The number of hydrogen-bond acceptors (Lipinski definition) is 4. The number of nitrogens with one attached hydrogen (secondary N) is 1. The third kappa shape index (κ3) is 4.17. The smallest absolute Gasteiger partial charge is 0.242 e. The molecule has 0 aliphatic carbocycles. The number of nitrogens with two attached hydrogens (primary N) is 1. The molecule has 118 valence electrons. The van der Waals surface area contributed by atoms with Gasteiger partial charge in [-0.2, -0.15) is 0 Å². The lowest BCUT2D eigenvalue weighted by Gasteiger charge is -2.28. The normalized spacial score (nSPS) is 18.6. The van der Waals surface area contributed by atoms with Gasteiger partial charge in [-0.3, -0.25) is 0 Å². The molecule has 1 aliphatic heterocycles. The van der Waals surface area contributed by atoms with E-state index in [4.69, 9.17) is 22.1 Å². The average Bonchev–Trinajstić information content (AvgIpc) is 2.47. The molecule has 5 nitrogen and oxygen atoms in total. The molecule has 3 N–H and O–H groups in total. The Labute approximate surface area is 130 Å². The van der Waals surface area contributed by atoms with Gasteiger partial charge >= 0.3 is 0 Å². The topological polar surface area (TPSA) is 81.4 Å². The van der Waals surface area contributed by atoms with Gasteiger partial charge in [-0.05, 0) is 43.4 Å². The first-order valence-electron chi connectivity index (χ1n) is 7.02. The highest BCUT2D eigenvalue weighted by Gasteiger charge is 2.26. The van der Waals surface area contributed by atoms with E-state index in [-0.39, 0.29) is 21.9 Å². The van der Waals surface area contributed by atoms with Gasteiger partial charge in [-0.25, -0.2) is 13.1 Å². The van der Waals surface area contributed by atoms with Crippen molar-refractivity contribution in [1.82, 2.24) is 4.72 Å². The van der Waals surface area contributed by atoms with Gasteiger partial charge in [0.25, 0.3) is 0 Å². The van der Waals surface area contributed by atoms with Gasteiger partial charge in [0.05, 0.1) is 5.02 Å². The zero-order chi connectivity index (χ0) is 15.5. The molecule has 1 aromatic carbocycles. The van der Waals surface area contributed by atoms with Crippen molar-refractivity contribution < 1.29 is 13.2 Å². The van der Waals surface area contributed by atoms with Crippen LogP contribution in [0.3, 0.4) is 0 Å². The van der Waals surface area contributed by atoms with Crippen LogP contribution in [0.1, 0.15) is 25.3 Å². The fourth-order valence-electron chi connectivity index (χ4n) is 2.51. The lowest BCUT2D eigenvalue weighted by molar-refractivity contribution is 0.0585. The van der Waals surface area contributed by atoms with E-state index in [0.717, 1.165) is 18.4 Å². The summed E-state index contributed by atoms with van der Waals surface area (Å²) in [6.45, 7) is 3.58. The molecule has 0 aromatic heterocycles. The standard InChI is InChI=1S/C14H21ClN2O3S/c1-10(12-4-6-20-7-5-12)17-21(18,19)14-3-2-11(9-16)8-13(14)15/h2-3,8,10,12,17H,4-7,9,16H2,1H3. The third-order valence-electron chi connectivity index (χ3n) is 3.84. The Balaban J connectivity index is 2.14. The predicted octanol–water partition coefficient (Wildman–Crippen LogP) is 1.89. The molecule has 0 bridgehead atoms. The minimum absolute atomic E-state index is 0.0975. The average molecular weight is 333 g/mol. The monoisotopic (exact) mass is 332 g/mol. The molecule has 21 heavy (non-hydrogen) atoms. The van der Waals surface area contributed by atoms with Crippen molar-refractivity contribution in [2.45, 2.75) is 37.2 Å². The largest absolute Gasteiger partial charge is 0.381 e. The second-order valence-electron chi connectivity index (χ2n) is 5.33. The molecule has 1 heterocycles. The Bertz CT molecular complexity index is 586. The fraction of sp³-hybridized carbons (Fsp3) is 0.571. The molecule has 7 heteroatoms. The quantitative estimate of drug-likeness (QED) is 0.862. The lowest BCUT2D eigenvalue weighted by atomic mass is 9.94. The van der Waals surface area contributed by atoms with Crippen LogP contribution in [-0.4, -0.2) is 27.7 Å². The van der Waals surface area contributed by atoms with Crippen LogP contribution < -0.4 is 10.5 Å².